The number of methoxy groups -OCH3 is 1. The number of hydrogen-bond acceptors (Lipinski definition) is 7. The fraction of sp³-hybridized carbons (Fsp3) is 0.553. The predicted molar refractivity (Wildman–Crippen MR) is 195 cm³/mol. The Balaban J connectivity index is 2.30. The molecule has 0 aliphatic rings. The van der Waals surface area contributed by atoms with Crippen LogP contribution in [0.5, 0.6) is 0 Å². The van der Waals surface area contributed by atoms with Crippen LogP contribution in [0, 0.1) is 23.7 Å². The van der Waals surface area contributed by atoms with E-state index in [-0.39, 0.29) is 58.8 Å². The van der Waals surface area contributed by atoms with Gasteiger partial charge in [-0.1, -0.05) is 78.8 Å². The van der Waals surface area contributed by atoms with Gasteiger partial charge in [0.2, 0.25) is 11.8 Å². The van der Waals surface area contributed by atoms with E-state index in [4.69, 9.17) is 4.74 Å². The van der Waals surface area contributed by atoms with Gasteiger partial charge in [0.25, 0.3) is 11.8 Å². The van der Waals surface area contributed by atoms with Crippen LogP contribution < -0.4 is 26.2 Å². The summed E-state index contributed by atoms with van der Waals surface area (Å²) < 4.78 is 4.85. The highest BCUT2D eigenvalue weighted by molar-refractivity contribution is 6.02. The summed E-state index contributed by atoms with van der Waals surface area (Å²) in [4.78, 5) is 66.8. The van der Waals surface area contributed by atoms with E-state index in [9.17, 15) is 29.1 Å². The molecule has 5 N–H and O–H groups in total. The van der Waals surface area contributed by atoms with Crippen LogP contribution >= 0.6 is 0 Å². The summed E-state index contributed by atoms with van der Waals surface area (Å²) in [5, 5.41) is 22.9. The van der Waals surface area contributed by atoms with E-state index in [0.29, 0.717) is 13.0 Å². The molecule has 276 valence electrons. The third kappa shape index (κ3) is 12.8. The van der Waals surface area contributed by atoms with Crippen molar-refractivity contribution in [3.8, 4) is 0 Å². The van der Waals surface area contributed by atoms with E-state index in [0.717, 1.165) is 5.56 Å². The Morgan fingerprint density at radius 2 is 1.34 bits per heavy atom. The molecule has 0 fully saturated rings. The first-order valence-electron chi connectivity index (χ1n) is 17.3. The van der Waals surface area contributed by atoms with Gasteiger partial charge in [-0.25, -0.2) is 4.79 Å². The molecule has 50 heavy (non-hydrogen) atoms. The fourth-order valence-electron chi connectivity index (χ4n) is 5.36. The van der Waals surface area contributed by atoms with Crippen molar-refractivity contribution in [3.05, 3.63) is 65.2 Å². The molecule has 2 aromatic carbocycles. The van der Waals surface area contributed by atoms with Gasteiger partial charge in [0.05, 0.1) is 25.3 Å². The van der Waals surface area contributed by atoms with Crippen LogP contribution in [-0.2, 0) is 14.3 Å². The molecule has 5 unspecified atom stereocenters. The van der Waals surface area contributed by atoms with Gasteiger partial charge in [-0.15, -0.1) is 0 Å². The third-order valence-electron chi connectivity index (χ3n) is 8.41. The highest BCUT2D eigenvalue weighted by Gasteiger charge is 2.31. The zero-order chi connectivity index (χ0) is 37.7. The van der Waals surface area contributed by atoms with Gasteiger partial charge in [-0.3, -0.25) is 24.1 Å². The molecule has 0 aliphatic heterocycles. The number of carbonyl (C=O) groups excluding carboxylic acids is 5. The lowest BCUT2D eigenvalue weighted by Crippen LogP contribution is -2.52. The molecule has 0 radical (unpaired) electrons. The van der Waals surface area contributed by atoms with Crippen molar-refractivity contribution in [2.75, 3.05) is 25.6 Å². The lowest BCUT2D eigenvalue weighted by atomic mass is 9.91. The van der Waals surface area contributed by atoms with Gasteiger partial charge in [0.15, 0.2) is 0 Å². The monoisotopic (exact) mass is 695 g/mol. The molecule has 0 bridgehead atoms. The summed E-state index contributed by atoms with van der Waals surface area (Å²) in [5.74, 6) is -2.16. The van der Waals surface area contributed by atoms with Gasteiger partial charge in [-0.05, 0) is 61.3 Å². The van der Waals surface area contributed by atoms with Crippen LogP contribution in [0.25, 0.3) is 0 Å². The number of nitrogens with one attached hydrogen (secondary N) is 4. The Morgan fingerprint density at radius 1 is 0.760 bits per heavy atom. The Morgan fingerprint density at radius 3 is 1.86 bits per heavy atom. The summed E-state index contributed by atoms with van der Waals surface area (Å²) in [7, 11) is 2.70. The van der Waals surface area contributed by atoms with Crippen molar-refractivity contribution in [2.45, 2.75) is 92.5 Å². The number of ether oxygens (including phenoxy) is 1. The zero-order valence-electron chi connectivity index (χ0n) is 31.2. The summed E-state index contributed by atoms with van der Waals surface area (Å²) >= 11 is 0. The van der Waals surface area contributed by atoms with Crippen LogP contribution in [0.2, 0.25) is 0 Å². The average Bonchev–Trinajstić information content (AvgIpc) is 3.07. The molecule has 0 saturated heterocycles. The zero-order valence-corrected chi connectivity index (χ0v) is 31.2. The van der Waals surface area contributed by atoms with Gasteiger partial charge in [-0.2, -0.15) is 0 Å². The number of benzene rings is 2. The van der Waals surface area contributed by atoms with Crippen LogP contribution in [0.15, 0.2) is 48.5 Å². The summed E-state index contributed by atoms with van der Waals surface area (Å²) in [6.45, 7) is 15.6. The molecule has 2 aromatic rings. The highest BCUT2D eigenvalue weighted by Crippen LogP contribution is 2.23. The van der Waals surface area contributed by atoms with Crippen LogP contribution in [0.1, 0.15) is 101 Å². The van der Waals surface area contributed by atoms with Crippen LogP contribution in [-0.4, -0.2) is 73.7 Å². The second-order valence-corrected chi connectivity index (χ2v) is 14.2. The summed E-state index contributed by atoms with van der Waals surface area (Å²) in [5.41, 5.74) is 1.39. The fourth-order valence-corrected chi connectivity index (χ4v) is 5.36. The number of anilines is 1. The normalized spacial score (nSPS) is 14.3. The first-order chi connectivity index (χ1) is 23.4. The van der Waals surface area contributed by atoms with Gasteiger partial charge >= 0.3 is 6.09 Å². The number of nitrogens with zero attached hydrogens (tertiary/aromatic N) is 1. The summed E-state index contributed by atoms with van der Waals surface area (Å²) in [6.07, 6.45) is -1.37. The smallest absolute Gasteiger partial charge is 0.413 e. The number of aliphatic hydroxyl groups excluding tert-OH is 1. The molecule has 12 nitrogen and oxygen atoms in total. The van der Waals surface area contributed by atoms with Crippen molar-refractivity contribution in [1.82, 2.24) is 21.3 Å². The van der Waals surface area contributed by atoms with Gasteiger partial charge < -0.3 is 31.1 Å². The molecule has 12 heteroatoms. The standard InChI is InChI=1S/C38H57N5O7/c1-22(2)16-31(32(44)17-25(7)34(45)42-33(24(5)6)37(48)39-21-23(3)4)41-36(47)29-18-28(19-30(20-29)43(9)38(49)50-10)35(46)40-26(8)27-14-12-11-13-15-27/h11-15,18-20,22-26,31-33,44H,16-17,21H2,1-10H3,(H,39,48)(H,40,46)(H,41,47)(H,42,45). The Kier molecular flexibility index (Phi) is 16.4. The first-order valence-corrected chi connectivity index (χ1v) is 17.3. The van der Waals surface area contributed by atoms with Crippen molar-refractivity contribution in [2.24, 2.45) is 23.7 Å². The first kappa shape index (κ1) is 41.7. The van der Waals surface area contributed by atoms with Gasteiger partial charge in [0.1, 0.15) is 6.04 Å². The quantitative estimate of drug-likeness (QED) is 0.158. The minimum absolute atomic E-state index is 0.0259. The average molecular weight is 696 g/mol. The van der Waals surface area contributed by atoms with Crippen molar-refractivity contribution >= 4 is 35.4 Å². The maximum Gasteiger partial charge on any atom is 0.413 e. The molecule has 5 atom stereocenters. The largest absolute Gasteiger partial charge is 0.452 e. The lowest BCUT2D eigenvalue weighted by Gasteiger charge is -2.29. The van der Waals surface area contributed by atoms with Crippen LogP contribution in [0.3, 0.4) is 0 Å². The molecular formula is C38H57N5O7. The van der Waals surface area contributed by atoms with E-state index in [2.05, 4.69) is 21.3 Å². The van der Waals surface area contributed by atoms with E-state index in [1.165, 1.54) is 37.3 Å². The van der Waals surface area contributed by atoms with Crippen molar-refractivity contribution < 1.29 is 33.8 Å². The minimum Gasteiger partial charge on any atom is -0.452 e. The maximum atomic E-state index is 13.8. The molecule has 0 aromatic heterocycles. The number of amides is 5. The topological polar surface area (TPSA) is 166 Å². The number of carbonyl (C=O) groups is 5. The molecular weight excluding hydrogens is 638 g/mol. The lowest BCUT2D eigenvalue weighted by molar-refractivity contribution is -0.132. The highest BCUT2D eigenvalue weighted by atomic mass is 16.5. The molecule has 0 spiro atoms. The predicted octanol–water partition coefficient (Wildman–Crippen LogP) is 4.82. The molecule has 0 saturated carbocycles. The summed E-state index contributed by atoms with van der Waals surface area (Å²) in [6, 6.07) is 12.0. The van der Waals surface area contributed by atoms with Crippen molar-refractivity contribution in [1.29, 1.82) is 0 Å². The second kappa shape index (κ2) is 19.7. The molecule has 0 heterocycles. The molecule has 5 amide bonds. The van der Waals surface area contributed by atoms with E-state index in [1.54, 1.807) is 6.92 Å². The number of aliphatic hydroxyl groups is 1. The van der Waals surface area contributed by atoms with Crippen LogP contribution in [0.4, 0.5) is 10.5 Å². The van der Waals surface area contributed by atoms with E-state index < -0.39 is 42.0 Å². The second-order valence-electron chi connectivity index (χ2n) is 14.2. The maximum absolute atomic E-state index is 13.8. The van der Waals surface area contributed by atoms with Crippen molar-refractivity contribution in [3.63, 3.8) is 0 Å². The molecule has 0 aliphatic carbocycles. The van der Waals surface area contributed by atoms with E-state index in [1.807, 2.05) is 78.8 Å². The SMILES string of the molecule is COC(=O)N(C)c1cc(C(=O)NC(C)c2ccccc2)cc(C(=O)NC(CC(C)C)C(O)CC(C)C(=O)NC(C(=O)NCC(C)C)C(C)C)c1. The number of hydrogen-bond donors (Lipinski definition) is 5. The Bertz CT molecular complexity index is 1450. The third-order valence-corrected chi connectivity index (χ3v) is 8.41. The van der Waals surface area contributed by atoms with E-state index >= 15 is 0 Å². The minimum atomic E-state index is -1.11. The Labute approximate surface area is 297 Å². The number of rotatable bonds is 17. The Hall–Kier alpha value is -4.45. The molecule has 2 rings (SSSR count). The van der Waals surface area contributed by atoms with Gasteiger partial charge in [0, 0.05) is 36.3 Å².